The van der Waals surface area contributed by atoms with Crippen LogP contribution < -0.4 is 5.32 Å². The molecule has 3 aromatic heterocycles. The molecule has 184 valence electrons. The quantitative estimate of drug-likeness (QED) is 0.358. The van der Waals surface area contributed by atoms with Gasteiger partial charge in [0.1, 0.15) is 5.82 Å². The van der Waals surface area contributed by atoms with Crippen LogP contribution in [-0.2, 0) is 19.4 Å². The summed E-state index contributed by atoms with van der Waals surface area (Å²) in [6.45, 7) is 3.51. The first kappa shape index (κ1) is 22.8. The van der Waals surface area contributed by atoms with E-state index >= 15 is 0 Å². The van der Waals surface area contributed by atoms with E-state index in [1.54, 1.807) is 16.9 Å². The molecule has 0 aliphatic carbocycles. The lowest BCUT2D eigenvalue weighted by Crippen LogP contribution is -2.35. The van der Waals surface area contributed by atoms with Crippen LogP contribution in [0.2, 0.25) is 0 Å². The minimum Gasteiger partial charge on any atom is -0.340 e. The zero-order valence-corrected chi connectivity index (χ0v) is 20.6. The van der Waals surface area contributed by atoms with Gasteiger partial charge in [-0.25, -0.2) is 4.98 Å². The molecule has 0 fully saturated rings. The largest absolute Gasteiger partial charge is 0.340 e. The van der Waals surface area contributed by atoms with Crippen molar-refractivity contribution in [2.24, 2.45) is 0 Å². The molecule has 0 spiro atoms. The smallest absolute Gasteiger partial charge is 0.254 e. The Morgan fingerprint density at radius 2 is 1.84 bits per heavy atom. The molecule has 1 amide bonds. The Balaban J connectivity index is 1.25. The highest BCUT2D eigenvalue weighted by Crippen LogP contribution is 2.24. The van der Waals surface area contributed by atoms with Gasteiger partial charge in [-0.15, -0.1) is 5.10 Å². The maximum Gasteiger partial charge on any atom is 0.254 e. The van der Waals surface area contributed by atoms with Crippen LogP contribution in [0.3, 0.4) is 0 Å². The predicted molar refractivity (Wildman–Crippen MR) is 143 cm³/mol. The molecule has 0 atom stereocenters. The van der Waals surface area contributed by atoms with Crippen molar-refractivity contribution in [2.45, 2.75) is 32.7 Å². The Morgan fingerprint density at radius 3 is 2.62 bits per heavy atom. The molecule has 1 aliphatic rings. The number of nitrogens with zero attached hydrogens (tertiary/aromatic N) is 6. The van der Waals surface area contributed by atoms with Gasteiger partial charge in [-0.05, 0) is 60.4 Å². The van der Waals surface area contributed by atoms with Crippen molar-refractivity contribution in [2.75, 3.05) is 11.9 Å². The van der Waals surface area contributed by atoms with Crippen LogP contribution in [0.25, 0.3) is 17.2 Å². The number of hydrogen-bond donors (Lipinski definition) is 1. The van der Waals surface area contributed by atoms with Gasteiger partial charge in [0.15, 0.2) is 5.82 Å². The Labute approximate surface area is 215 Å². The molecule has 8 nitrogen and oxygen atoms in total. The first-order valence-electron chi connectivity index (χ1n) is 12.6. The molecule has 6 rings (SSSR count). The molecule has 0 bridgehead atoms. The van der Waals surface area contributed by atoms with E-state index in [-0.39, 0.29) is 5.91 Å². The second-order valence-corrected chi connectivity index (χ2v) is 9.22. The van der Waals surface area contributed by atoms with Gasteiger partial charge >= 0.3 is 0 Å². The fourth-order valence-corrected chi connectivity index (χ4v) is 4.70. The van der Waals surface area contributed by atoms with E-state index in [2.05, 4.69) is 45.5 Å². The Bertz CT molecular complexity index is 1560. The Hall–Kier alpha value is -4.59. The van der Waals surface area contributed by atoms with Gasteiger partial charge < -0.3 is 10.2 Å². The minimum atomic E-state index is 0.0509. The molecule has 8 heteroatoms. The number of benzene rings is 2. The van der Waals surface area contributed by atoms with Gasteiger partial charge in [0.25, 0.3) is 11.7 Å². The molecule has 4 heterocycles. The Morgan fingerprint density at radius 1 is 1.00 bits per heavy atom. The maximum atomic E-state index is 13.2. The lowest BCUT2D eigenvalue weighted by Gasteiger charge is -2.29. The lowest BCUT2D eigenvalue weighted by molar-refractivity contribution is 0.0734. The predicted octanol–water partition coefficient (Wildman–Crippen LogP) is 5.08. The summed E-state index contributed by atoms with van der Waals surface area (Å²) in [4.78, 5) is 28.6. The third kappa shape index (κ3) is 4.65. The van der Waals surface area contributed by atoms with Crippen molar-refractivity contribution in [1.82, 2.24) is 29.5 Å². The summed E-state index contributed by atoms with van der Waals surface area (Å²) in [5, 5.41) is 8.13. The van der Waals surface area contributed by atoms with Crippen molar-refractivity contribution >= 4 is 23.2 Å². The van der Waals surface area contributed by atoms with Gasteiger partial charge in [-0.2, -0.15) is 9.50 Å². The van der Waals surface area contributed by atoms with Crippen molar-refractivity contribution in [3.05, 3.63) is 102 Å². The number of nitrogens with one attached hydrogen (secondary N) is 1. The number of fused-ring (bicyclic) bond motifs is 2. The molecule has 5 aromatic rings. The zero-order chi connectivity index (χ0) is 25.2. The minimum absolute atomic E-state index is 0.0509. The number of hydrogen-bond acceptors (Lipinski definition) is 6. The number of pyridine rings is 1. The summed E-state index contributed by atoms with van der Waals surface area (Å²) in [5.74, 6) is 1.92. The fraction of sp³-hybridized carbons (Fsp3) is 0.207. The van der Waals surface area contributed by atoms with Crippen LogP contribution in [0.1, 0.15) is 40.5 Å². The highest BCUT2D eigenvalue weighted by molar-refractivity contribution is 5.94. The topological polar surface area (TPSA) is 88.3 Å². The Kier molecular flexibility index (Phi) is 6.06. The summed E-state index contributed by atoms with van der Waals surface area (Å²) in [5.41, 5.74) is 5.87. The third-order valence-corrected chi connectivity index (χ3v) is 6.61. The van der Waals surface area contributed by atoms with E-state index in [4.69, 9.17) is 4.98 Å². The van der Waals surface area contributed by atoms with Crippen LogP contribution in [0.4, 0.5) is 11.5 Å². The van der Waals surface area contributed by atoms with E-state index < -0.39 is 0 Å². The molecule has 0 radical (unpaired) electrons. The van der Waals surface area contributed by atoms with Gasteiger partial charge in [-0.1, -0.05) is 37.6 Å². The number of aromatic nitrogens is 5. The van der Waals surface area contributed by atoms with Crippen LogP contribution in [0.5, 0.6) is 0 Å². The van der Waals surface area contributed by atoms with Gasteiger partial charge in [0.2, 0.25) is 0 Å². The van der Waals surface area contributed by atoms with Crippen LogP contribution in [0.15, 0.2) is 79.1 Å². The number of carbonyl (C=O) groups is 1. The summed E-state index contributed by atoms with van der Waals surface area (Å²) in [7, 11) is 0. The highest BCUT2D eigenvalue weighted by atomic mass is 16.2. The normalized spacial score (nSPS) is 12.9. The summed E-state index contributed by atoms with van der Waals surface area (Å²) in [6, 6.07) is 21.7. The van der Waals surface area contributed by atoms with E-state index in [0.717, 1.165) is 48.6 Å². The fourth-order valence-electron chi connectivity index (χ4n) is 4.70. The second-order valence-electron chi connectivity index (χ2n) is 9.22. The summed E-state index contributed by atoms with van der Waals surface area (Å²) in [6.07, 6.45) is 6.17. The molecule has 37 heavy (non-hydrogen) atoms. The number of rotatable bonds is 6. The number of amides is 1. The SMILES string of the molecule is CCCc1cc(Nc2ccc(C(=O)N3CCc4ccccc4C3)cc2)n2nc(-c3cccnc3)nc2n1. The number of carbonyl (C=O) groups excluding carboxylic acids is 1. The van der Waals surface area contributed by atoms with Crippen LogP contribution >= 0.6 is 0 Å². The van der Waals surface area contributed by atoms with Gasteiger partial charge in [0.05, 0.1) is 0 Å². The van der Waals surface area contributed by atoms with Crippen molar-refractivity contribution in [3.63, 3.8) is 0 Å². The van der Waals surface area contributed by atoms with Crippen molar-refractivity contribution < 1.29 is 4.79 Å². The molecule has 0 saturated heterocycles. The lowest BCUT2D eigenvalue weighted by atomic mass is 9.99. The maximum absolute atomic E-state index is 13.2. The average molecular weight is 490 g/mol. The highest BCUT2D eigenvalue weighted by Gasteiger charge is 2.21. The molecule has 2 aromatic carbocycles. The second kappa shape index (κ2) is 9.81. The monoisotopic (exact) mass is 489 g/mol. The van der Waals surface area contributed by atoms with E-state index in [9.17, 15) is 4.79 Å². The van der Waals surface area contributed by atoms with Crippen LogP contribution in [-0.4, -0.2) is 41.9 Å². The number of aryl methyl sites for hydroxylation is 1. The zero-order valence-electron chi connectivity index (χ0n) is 20.6. The van der Waals surface area contributed by atoms with E-state index in [0.29, 0.717) is 23.7 Å². The standard InChI is InChI=1S/C29H27N7O/c1-2-6-25-17-26(36-29(32-25)33-27(34-36)22-9-5-15-30-18-22)31-24-12-10-21(11-13-24)28(37)35-16-14-20-7-3-4-8-23(20)19-35/h3-5,7-13,15,17-18,31H,2,6,14,16,19H2,1H3. The molecular weight excluding hydrogens is 462 g/mol. The molecule has 0 saturated carbocycles. The average Bonchev–Trinajstić information content (AvgIpc) is 3.38. The van der Waals surface area contributed by atoms with Crippen molar-refractivity contribution in [1.29, 1.82) is 0 Å². The first-order valence-corrected chi connectivity index (χ1v) is 12.6. The van der Waals surface area contributed by atoms with Gasteiger partial charge in [0, 0.05) is 54.1 Å². The molecule has 1 N–H and O–H groups in total. The third-order valence-electron chi connectivity index (χ3n) is 6.61. The van der Waals surface area contributed by atoms with E-state index in [1.165, 1.54) is 11.1 Å². The molecule has 1 aliphatic heterocycles. The van der Waals surface area contributed by atoms with Gasteiger partial charge in [-0.3, -0.25) is 9.78 Å². The van der Waals surface area contributed by atoms with E-state index in [1.807, 2.05) is 53.4 Å². The molecule has 0 unspecified atom stereocenters. The van der Waals surface area contributed by atoms with Crippen LogP contribution in [0, 0.1) is 0 Å². The molecular formula is C29H27N7O. The summed E-state index contributed by atoms with van der Waals surface area (Å²) >= 11 is 0. The number of anilines is 2. The first-order chi connectivity index (χ1) is 18.2. The van der Waals surface area contributed by atoms with Crippen molar-refractivity contribution in [3.8, 4) is 11.4 Å². The summed E-state index contributed by atoms with van der Waals surface area (Å²) < 4.78 is 1.71.